The molecule has 40 heavy (non-hydrogen) atoms. The van der Waals surface area contributed by atoms with Crippen LogP contribution in [0.2, 0.25) is 5.02 Å². The molecule has 11 nitrogen and oxygen atoms in total. The summed E-state index contributed by atoms with van der Waals surface area (Å²) in [6, 6.07) is 9.24. The van der Waals surface area contributed by atoms with Gasteiger partial charge in [-0.15, -0.1) is 5.10 Å². The van der Waals surface area contributed by atoms with Crippen LogP contribution in [-0.4, -0.2) is 49.0 Å². The Kier molecular flexibility index (Phi) is 6.91. The number of amides is 1. The molecule has 0 spiro atoms. The molecule has 12 heteroatoms. The third kappa shape index (κ3) is 4.89. The number of anilines is 3. The lowest BCUT2D eigenvalue weighted by Gasteiger charge is -2.23. The quantitative estimate of drug-likeness (QED) is 0.265. The summed E-state index contributed by atoms with van der Waals surface area (Å²) < 4.78 is 16.7. The van der Waals surface area contributed by atoms with E-state index in [9.17, 15) is 4.79 Å². The normalized spacial score (nSPS) is 15.3. The third-order valence-corrected chi connectivity index (χ3v) is 7.36. The Bertz CT molecular complexity index is 1700. The van der Waals surface area contributed by atoms with Crippen LogP contribution in [0.5, 0.6) is 5.75 Å². The highest BCUT2D eigenvalue weighted by Gasteiger charge is 2.21. The van der Waals surface area contributed by atoms with Crippen molar-refractivity contribution >= 4 is 45.6 Å². The summed E-state index contributed by atoms with van der Waals surface area (Å²) >= 11 is 6.82. The lowest BCUT2D eigenvalue weighted by atomic mass is 10.1. The Labute approximate surface area is 235 Å². The van der Waals surface area contributed by atoms with Crippen molar-refractivity contribution in [3.8, 4) is 11.4 Å². The summed E-state index contributed by atoms with van der Waals surface area (Å²) in [5, 5.41) is 21.0. The monoisotopic (exact) mass is 560 g/mol. The van der Waals surface area contributed by atoms with Gasteiger partial charge in [-0.25, -0.2) is 9.36 Å². The summed E-state index contributed by atoms with van der Waals surface area (Å²) in [7, 11) is 3.32. The van der Waals surface area contributed by atoms with E-state index in [-0.39, 0.29) is 12.1 Å². The minimum absolute atomic E-state index is 0.0659. The summed E-state index contributed by atoms with van der Waals surface area (Å²) in [5.41, 5.74) is 4.32. The fourth-order valence-corrected chi connectivity index (χ4v) is 5.12. The van der Waals surface area contributed by atoms with Gasteiger partial charge in [0.2, 0.25) is 0 Å². The second kappa shape index (κ2) is 10.7. The Morgan fingerprint density at radius 1 is 1.15 bits per heavy atom. The third-order valence-electron chi connectivity index (χ3n) is 6.95. The van der Waals surface area contributed by atoms with Crippen LogP contribution < -0.4 is 15.4 Å². The van der Waals surface area contributed by atoms with Crippen LogP contribution in [0.25, 0.3) is 16.6 Å². The highest BCUT2D eigenvalue weighted by molar-refractivity contribution is 6.38. The Balaban J connectivity index is 1.23. The molecule has 1 aliphatic rings. The number of aromatic nitrogens is 6. The minimum Gasteiger partial charge on any atom is -0.496 e. The molecule has 0 saturated carbocycles. The van der Waals surface area contributed by atoms with Crippen LogP contribution in [-0.2, 0) is 11.8 Å². The SMILES string of the molecule is COc1cc(-n2cc(C)c(Nc3ccc4c(cnn4C4CCCCO4)c3Cl)n2)ccc1C(=O)Nc1cnn(C)c1. The first kappa shape index (κ1) is 25.9. The number of halogens is 1. The molecule has 6 rings (SSSR count). The topological polar surface area (TPSA) is 113 Å². The number of hydrogen-bond donors (Lipinski definition) is 2. The van der Waals surface area contributed by atoms with Gasteiger partial charge in [-0.3, -0.25) is 9.48 Å². The molecule has 1 fully saturated rings. The number of nitrogens with zero attached hydrogens (tertiary/aromatic N) is 6. The molecule has 1 atom stereocenters. The van der Waals surface area contributed by atoms with E-state index in [0.29, 0.717) is 27.8 Å². The fraction of sp³-hybridized carbons (Fsp3) is 0.286. The number of carbonyl (C=O) groups excluding carboxylic acids is 1. The molecule has 0 aliphatic carbocycles. The van der Waals surface area contributed by atoms with E-state index in [1.54, 1.807) is 47.1 Å². The first-order chi connectivity index (χ1) is 19.4. The molecule has 0 radical (unpaired) electrons. The zero-order valence-electron chi connectivity index (χ0n) is 22.4. The van der Waals surface area contributed by atoms with E-state index in [1.165, 1.54) is 7.11 Å². The van der Waals surface area contributed by atoms with E-state index >= 15 is 0 Å². The van der Waals surface area contributed by atoms with Crippen molar-refractivity contribution in [3.63, 3.8) is 0 Å². The summed E-state index contributed by atoms with van der Waals surface area (Å²) in [6.45, 7) is 2.71. The number of carbonyl (C=O) groups is 1. The Morgan fingerprint density at radius 3 is 2.77 bits per heavy atom. The number of methoxy groups -OCH3 is 1. The van der Waals surface area contributed by atoms with Crippen LogP contribution >= 0.6 is 11.6 Å². The van der Waals surface area contributed by atoms with E-state index in [2.05, 4.69) is 20.8 Å². The molecule has 0 bridgehead atoms. The molecule has 3 aromatic heterocycles. The van der Waals surface area contributed by atoms with Crippen LogP contribution in [0.4, 0.5) is 17.2 Å². The van der Waals surface area contributed by atoms with Crippen molar-refractivity contribution in [3.05, 3.63) is 71.3 Å². The van der Waals surface area contributed by atoms with Gasteiger partial charge < -0.3 is 20.1 Å². The number of benzene rings is 2. The van der Waals surface area contributed by atoms with Gasteiger partial charge >= 0.3 is 0 Å². The molecule has 2 aromatic carbocycles. The van der Waals surface area contributed by atoms with Crippen LogP contribution in [0.3, 0.4) is 0 Å². The zero-order chi connectivity index (χ0) is 27.8. The predicted molar refractivity (Wildman–Crippen MR) is 153 cm³/mol. The molecule has 4 heterocycles. The molecule has 1 amide bonds. The molecular formula is C28H29ClN8O3. The van der Waals surface area contributed by atoms with E-state index in [4.69, 9.17) is 26.2 Å². The standard InChI is InChI=1S/C28H29ClN8O3/c1-17-15-36(19-7-8-20(24(12-19)39-3)28(38)32-18-13-30-35(2)16-18)34-27(17)33-22-9-10-23-21(26(22)29)14-31-37(23)25-6-4-5-11-40-25/h7-10,12-16,25H,4-6,11H2,1-3H3,(H,32,38)(H,33,34). The summed E-state index contributed by atoms with van der Waals surface area (Å²) in [6.07, 6.45) is 10.1. The fourth-order valence-electron chi connectivity index (χ4n) is 4.87. The highest BCUT2D eigenvalue weighted by Crippen LogP contribution is 2.36. The molecule has 1 unspecified atom stereocenters. The van der Waals surface area contributed by atoms with Crippen LogP contribution in [0.15, 0.2) is 55.1 Å². The maximum Gasteiger partial charge on any atom is 0.259 e. The molecule has 206 valence electrons. The Hall–Kier alpha value is -4.35. The van der Waals surface area contributed by atoms with Gasteiger partial charge in [0.1, 0.15) is 5.75 Å². The molecule has 5 aromatic rings. The number of nitrogens with one attached hydrogen (secondary N) is 2. The molecule has 1 saturated heterocycles. The second-order valence-corrected chi connectivity index (χ2v) is 10.1. The zero-order valence-corrected chi connectivity index (χ0v) is 23.1. The molecule has 1 aliphatic heterocycles. The molecule has 2 N–H and O–H groups in total. The lowest BCUT2D eigenvalue weighted by Crippen LogP contribution is -2.18. The summed E-state index contributed by atoms with van der Waals surface area (Å²) in [4.78, 5) is 12.8. The number of fused-ring (bicyclic) bond motifs is 1. The van der Waals surface area contributed by atoms with E-state index in [0.717, 1.165) is 53.7 Å². The number of rotatable bonds is 7. The van der Waals surface area contributed by atoms with Gasteiger partial charge in [-0.2, -0.15) is 10.2 Å². The average molecular weight is 561 g/mol. The largest absolute Gasteiger partial charge is 0.496 e. The second-order valence-electron chi connectivity index (χ2n) is 9.74. The maximum atomic E-state index is 12.8. The van der Waals surface area contributed by atoms with Gasteiger partial charge in [0.15, 0.2) is 12.0 Å². The highest BCUT2D eigenvalue weighted by atomic mass is 35.5. The summed E-state index contributed by atoms with van der Waals surface area (Å²) in [5.74, 6) is 0.787. The number of ether oxygens (including phenoxy) is 2. The first-order valence-corrected chi connectivity index (χ1v) is 13.4. The number of hydrogen-bond acceptors (Lipinski definition) is 7. The van der Waals surface area contributed by atoms with Crippen molar-refractivity contribution < 1.29 is 14.3 Å². The van der Waals surface area contributed by atoms with Crippen molar-refractivity contribution in [1.29, 1.82) is 0 Å². The average Bonchev–Trinajstić information content (AvgIpc) is 3.69. The minimum atomic E-state index is -0.293. The van der Waals surface area contributed by atoms with Gasteiger partial charge in [-0.1, -0.05) is 11.6 Å². The van der Waals surface area contributed by atoms with Crippen molar-refractivity contribution in [2.24, 2.45) is 7.05 Å². The predicted octanol–water partition coefficient (Wildman–Crippen LogP) is 5.62. The maximum absolute atomic E-state index is 12.8. The number of aryl methyl sites for hydroxylation is 2. The van der Waals surface area contributed by atoms with Crippen molar-refractivity contribution in [2.75, 3.05) is 24.4 Å². The van der Waals surface area contributed by atoms with Crippen LogP contribution in [0, 0.1) is 6.92 Å². The van der Waals surface area contributed by atoms with E-state index < -0.39 is 0 Å². The van der Waals surface area contributed by atoms with Gasteiger partial charge in [0, 0.05) is 43.1 Å². The van der Waals surface area contributed by atoms with Crippen molar-refractivity contribution in [2.45, 2.75) is 32.4 Å². The lowest BCUT2D eigenvalue weighted by molar-refractivity contribution is -0.0366. The van der Waals surface area contributed by atoms with Crippen molar-refractivity contribution in [1.82, 2.24) is 29.3 Å². The van der Waals surface area contributed by atoms with Gasteiger partial charge in [-0.05, 0) is 50.5 Å². The van der Waals surface area contributed by atoms with Crippen LogP contribution in [0.1, 0.15) is 41.4 Å². The Morgan fingerprint density at radius 2 is 2.02 bits per heavy atom. The smallest absolute Gasteiger partial charge is 0.259 e. The van der Waals surface area contributed by atoms with Gasteiger partial charge in [0.05, 0.1) is 52.7 Å². The molecular weight excluding hydrogens is 532 g/mol. The first-order valence-electron chi connectivity index (χ1n) is 13.0. The van der Waals surface area contributed by atoms with E-state index in [1.807, 2.05) is 36.0 Å². The van der Waals surface area contributed by atoms with Gasteiger partial charge in [0.25, 0.3) is 5.91 Å².